The molecule has 1 saturated carbocycles. The van der Waals surface area contributed by atoms with Crippen molar-refractivity contribution in [2.24, 2.45) is 0 Å². The Kier molecular flexibility index (Phi) is 5.76. The third-order valence-corrected chi connectivity index (χ3v) is 7.06. The van der Waals surface area contributed by atoms with Crippen LogP contribution in [0, 0.1) is 0 Å². The van der Waals surface area contributed by atoms with Gasteiger partial charge in [-0.25, -0.2) is 9.59 Å². The third-order valence-electron chi connectivity index (χ3n) is 7.06. The first-order chi connectivity index (χ1) is 16.1. The molecule has 0 spiro atoms. The van der Waals surface area contributed by atoms with Crippen molar-refractivity contribution in [3.63, 3.8) is 0 Å². The Morgan fingerprint density at radius 3 is 1.42 bits per heavy atom. The quantitative estimate of drug-likeness (QED) is 0.319. The molecule has 33 heavy (non-hydrogen) atoms. The second kappa shape index (κ2) is 8.86. The monoisotopic (exact) mass is 440 g/mol. The van der Waals surface area contributed by atoms with Gasteiger partial charge in [0, 0.05) is 11.1 Å². The molecule has 0 aliphatic heterocycles. The Balaban J connectivity index is 1.41. The number of carbonyl (C=O) groups is 2. The standard InChI is InChI=1S/C29H28O4/c1-3-18-5-9-20(10-6-18)28(30)32-24-15-16-25(27-23-14-13-22(17-23)26(24)27)33-29(31)21-11-7-19(4-2)8-12-21/h5-12,15-16,22-23H,3-4,13-14,17H2,1-2H3. The van der Waals surface area contributed by atoms with E-state index in [1.54, 1.807) is 12.1 Å². The molecule has 0 radical (unpaired) electrons. The minimum Gasteiger partial charge on any atom is -0.423 e. The van der Waals surface area contributed by atoms with Gasteiger partial charge in [0.25, 0.3) is 0 Å². The van der Waals surface area contributed by atoms with Gasteiger partial charge in [0.05, 0.1) is 11.1 Å². The van der Waals surface area contributed by atoms with Crippen LogP contribution in [0.1, 0.15) is 87.9 Å². The van der Waals surface area contributed by atoms with Crippen molar-refractivity contribution in [3.05, 3.63) is 94.0 Å². The molecule has 2 bridgehead atoms. The first-order valence-electron chi connectivity index (χ1n) is 11.9. The van der Waals surface area contributed by atoms with E-state index in [0.29, 0.717) is 34.5 Å². The number of rotatable bonds is 6. The van der Waals surface area contributed by atoms with E-state index in [1.807, 2.05) is 48.5 Å². The molecular formula is C29H28O4. The SMILES string of the molecule is CCc1ccc(C(=O)Oc2ccc(OC(=O)c3ccc(CC)cc3)c3c2C2CCC3C2)cc1. The maximum absolute atomic E-state index is 12.8. The predicted octanol–water partition coefficient (Wildman–Crippen LogP) is 6.61. The fourth-order valence-corrected chi connectivity index (χ4v) is 5.19. The molecule has 3 aromatic rings. The predicted molar refractivity (Wildman–Crippen MR) is 127 cm³/mol. The summed E-state index contributed by atoms with van der Waals surface area (Å²) >= 11 is 0. The number of fused-ring (bicyclic) bond motifs is 5. The summed E-state index contributed by atoms with van der Waals surface area (Å²) in [5.74, 6) is 1.16. The van der Waals surface area contributed by atoms with E-state index in [1.165, 1.54) is 11.1 Å². The average molecular weight is 441 g/mol. The summed E-state index contributed by atoms with van der Waals surface area (Å²) in [5.41, 5.74) is 5.51. The van der Waals surface area contributed by atoms with Crippen molar-refractivity contribution in [2.75, 3.05) is 0 Å². The van der Waals surface area contributed by atoms with Crippen LogP contribution in [0.15, 0.2) is 60.7 Å². The van der Waals surface area contributed by atoms with Gasteiger partial charge in [0.15, 0.2) is 0 Å². The molecule has 3 aromatic carbocycles. The summed E-state index contributed by atoms with van der Waals surface area (Å²) in [6.45, 7) is 4.17. The Labute approximate surface area is 194 Å². The lowest BCUT2D eigenvalue weighted by molar-refractivity contribution is 0.0716. The Hall–Kier alpha value is -3.40. The van der Waals surface area contributed by atoms with Gasteiger partial charge >= 0.3 is 11.9 Å². The van der Waals surface area contributed by atoms with Crippen molar-refractivity contribution in [2.45, 2.75) is 57.8 Å². The molecule has 0 amide bonds. The van der Waals surface area contributed by atoms with Gasteiger partial charge in [-0.3, -0.25) is 0 Å². The number of hydrogen-bond acceptors (Lipinski definition) is 4. The van der Waals surface area contributed by atoms with Gasteiger partial charge < -0.3 is 9.47 Å². The van der Waals surface area contributed by atoms with E-state index >= 15 is 0 Å². The van der Waals surface area contributed by atoms with Crippen LogP contribution in [0.25, 0.3) is 0 Å². The first-order valence-corrected chi connectivity index (χ1v) is 11.9. The summed E-state index contributed by atoms with van der Waals surface area (Å²) in [6, 6.07) is 18.6. The summed E-state index contributed by atoms with van der Waals surface area (Å²) in [7, 11) is 0. The Morgan fingerprint density at radius 2 is 1.06 bits per heavy atom. The molecule has 4 nitrogen and oxygen atoms in total. The molecule has 2 aliphatic carbocycles. The fraction of sp³-hybridized carbons (Fsp3) is 0.310. The maximum atomic E-state index is 12.8. The second-order valence-electron chi connectivity index (χ2n) is 8.98. The second-order valence-corrected chi connectivity index (χ2v) is 8.98. The number of aryl methyl sites for hydroxylation is 2. The molecule has 0 heterocycles. The van der Waals surface area contributed by atoms with Gasteiger partial charge in [-0.05, 0) is 91.5 Å². The highest BCUT2D eigenvalue weighted by Crippen LogP contribution is 2.58. The highest BCUT2D eigenvalue weighted by atomic mass is 16.5. The zero-order chi connectivity index (χ0) is 22.9. The van der Waals surface area contributed by atoms with E-state index in [4.69, 9.17) is 9.47 Å². The molecule has 1 fully saturated rings. The third kappa shape index (κ3) is 4.06. The number of carbonyl (C=O) groups excluding carboxylic acids is 2. The van der Waals surface area contributed by atoms with Crippen LogP contribution in [0.2, 0.25) is 0 Å². The molecular weight excluding hydrogens is 412 g/mol. The number of hydrogen-bond donors (Lipinski definition) is 0. The van der Waals surface area contributed by atoms with Crippen molar-refractivity contribution < 1.29 is 19.1 Å². The van der Waals surface area contributed by atoms with Gasteiger partial charge in [0.2, 0.25) is 0 Å². The number of ether oxygens (including phenoxy) is 2. The summed E-state index contributed by atoms with van der Waals surface area (Å²) in [6.07, 6.45) is 5.01. The topological polar surface area (TPSA) is 52.6 Å². The first kappa shape index (κ1) is 21.4. The van der Waals surface area contributed by atoms with E-state index in [-0.39, 0.29) is 11.9 Å². The summed E-state index contributed by atoms with van der Waals surface area (Å²) < 4.78 is 11.7. The molecule has 4 heteroatoms. The van der Waals surface area contributed by atoms with Crippen LogP contribution < -0.4 is 9.47 Å². The zero-order valence-electron chi connectivity index (χ0n) is 19.1. The van der Waals surface area contributed by atoms with Crippen LogP contribution in [0.4, 0.5) is 0 Å². The normalized spacial score (nSPS) is 18.1. The Morgan fingerprint density at radius 1 is 0.667 bits per heavy atom. The van der Waals surface area contributed by atoms with E-state index in [2.05, 4.69) is 13.8 Å². The molecule has 2 atom stereocenters. The average Bonchev–Trinajstić information content (AvgIpc) is 3.48. The molecule has 2 aliphatic rings. The lowest BCUT2D eigenvalue weighted by Gasteiger charge is -2.21. The highest BCUT2D eigenvalue weighted by Gasteiger charge is 2.42. The maximum Gasteiger partial charge on any atom is 0.343 e. The zero-order valence-corrected chi connectivity index (χ0v) is 19.1. The van der Waals surface area contributed by atoms with Gasteiger partial charge in [-0.1, -0.05) is 38.1 Å². The fourth-order valence-electron chi connectivity index (χ4n) is 5.19. The molecule has 168 valence electrons. The van der Waals surface area contributed by atoms with E-state index in [9.17, 15) is 9.59 Å². The molecule has 0 aromatic heterocycles. The van der Waals surface area contributed by atoms with Crippen LogP contribution in [-0.2, 0) is 12.8 Å². The molecule has 0 N–H and O–H groups in total. The molecule has 5 rings (SSSR count). The van der Waals surface area contributed by atoms with Crippen molar-refractivity contribution in [1.82, 2.24) is 0 Å². The van der Waals surface area contributed by atoms with Crippen molar-refractivity contribution in [3.8, 4) is 11.5 Å². The van der Waals surface area contributed by atoms with Crippen LogP contribution in [-0.4, -0.2) is 11.9 Å². The van der Waals surface area contributed by atoms with Crippen molar-refractivity contribution in [1.29, 1.82) is 0 Å². The summed E-state index contributed by atoms with van der Waals surface area (Å²) in [4.78, 5) is 25.6. The Bertz CT molecular complexity index is 1100. The van der Waals surface area contributed by atoms with Gasteiger partial charge in [-0.2, -0.15) is 0 Å². The number of benzene rings is 3. The van der Waals surface area contributed by atoms with E-state index < -0.39 is 0 Å². The molecule has 0 saturated heterocycles. The van der Waals surface area contributed by atoms with Crippen LogP contribution in [0.5, 0.6) is 11.5 Å². The largest absolute Gasteiger partial charge is 0.423 e. The minimum absolute atomic E-state index is 0.345. The lowest BCUT2D eigenvalue weighted by atomic mass is 9.90. The van der Waals surface area contributed by atoms with Gasteiger partial charge in [0.1, 0.15) is 11.5 Å². The highest BCUT2D eigenvalue weighted by molar-refractivity contribution is 5.92. The summed E-state index contributed by atoms with van der Waals surface area (Å²) in [5, 5.41) is 0. The minimum atomic E-state index is -0.358. The lowest BCUT2D eigenvalue weighted by Crippen LogP contribution is -2.14. The van der Waals surface area contributed by atoms with E-state index in [0.717, 1.165) is 43.2 Å². The number of esters is 2. The van der Waals surface area contributed by atoms with Gasteiger partial charge in [-0.15, -0.1) is 0 Å². The van der Waals surface area contributed by atoms with Crippen molar-refractivity contribution >= 4 is 11.9 Å². The smallest absolute Gasteiger partial charge is 0.343 e. The van der Waals surface area contributed by atoms with Crippen LogP contribution in [0.3, 0.4) is 0 Å². The van der Waals surface area contributed by atoms with Crippen LogP contribution >= 0.6 is 0 Å². The molecule has 2 unspecified atom stereocenters.